The molecule has 0 aliphatic heterocycles. The standard InChI is InChI=1S/C16H14F2N4OS/c1-24(21)15-9-4-5-22-13(9)7-12(18)14(15)23-8-2-3-11(17)10(6-8)16(19)20/h2-7,21-22H,1H3,(H3,19,20). The van der Waals surface area contributed by atoms with E-state index in [1.165, 1.54) is 18.2 Å². The summed E-state index contributed by atoms with van der Waals surface area (Å²) in [4.78, 5) is 3.33. The minimum atomic E-state index is -1.02. The Morgan fingerprint density at radius 2 is 1.96 bits per heavy atom. The van der Waals surface area contributed by atoms with Crippen LogP contribution in [0, 0.1) is 21.8 Å². The first-order valence-electron chi connectivity index (χ1n) is 6.87. The predicted octanol–water partition coefficient (Wildman–Crippen LogP) is 3.89. The fourth-order valence-electron chi connectivity index (χ4n) is 2.41. The van der Waals surface area contributed by atoms with E-state index in [0.29, 0.717) is 15.8 Å². The van der Waals surface area contributed by atoms with E-state index in [1.54, 1.807) is 18.5 Å². The molecule has 0 spiro atoms. The number of ether oxygens (including phenoxy) is 1. The van der Waals surface area contributed by atoms with Crippen LogP contribution in [-0.2, 0) is 10.7 Å². The molecule has 1 unspecified atom stereocenters. The molecule has 2 aromatic carbocycles. The minimum absolute atomic E-state index is 0.0796. The van der Waals surface area contributed by atoms with E-state index >= 15 is 0 Å². The van der Waals surface area contributed by atoms with Gasteiger partial charge in [-0.3, -0.25) is 10.2 Å². The number of rotatable bonds is 4. The average Bonchev–Trinajstić information content (AvgIpc) is 2.96. The maximum absolute atomic E-state index is 14.5. The summed E-state index contributed by atoms with van der Waals surface area (Å²) in [5, 5.41) is 8.06. The highest BCUT2D eigenvalue weighted by molar-refractivity contribution is 7.85. The van der Waals surface area contributed by atoms with Crippen molar-refractivity contribution in [3.63, 3.8) is 0 Å². The second-order valence-corrected chi connectivity index (χ2v) is 6.55. The maximum atomic E-state index is 14.5. The van der Waals surface area contributed by atoms with Crippen molar-refractivity contribution in [3.05, 3.63) is 53.7 Å². The molecule has 5 nitrogen and oxygen atoms in total. The van der Waals surface area contributed by atoms with Crippen LogP contribution in [0.25, 0.3) is 10.9 Å². The van der Waals surface area contributed by atoms with Crippen molar-refractivity contribution in [1.82, 2.24) is 4.98 Å². The first-order valence-corrected chi connectivity index (χ1v) is 8.50. The van der Waals surface area contributed by atoms with Crippen LogP contribution in [0.2, 0.25) is 0 Å². The summed E-state index contributed by atoms with van der Waals surface area (Å²) in [6, 6.07) is 6.70. The molecule has 0 fully saturated rings. The summed E-state index contributed by atoms with van der Waals surface area (Å²) in [6.45, 7) is 0. The number of H-pyrrole nitrogens is 1. The third kappa shape index (κ3) is 2.76. The molecule has 124 valence electrons. The van der Waals surface area contributed by atoms with Crippen molar-refractivity contribution in [2.24, 2.45) is 5.73 Å². The number of nitrogens with two attached hydrogens (primary N) is 1. The molecule has 8 heteroatoms. The highest BCUT2D eigenvalue weighted by Gasteiger charge is 2.18. The van der Waals surface area contributed by atoms with E-state index in [-0.39, 0.29) is 17.1 Å². The quantitative estimate of drug-likeness (QED) is 0.425. The summed E-state index contributed by atoms with van der Waals surface area (Å²) in [6.07, 6.45) is 3.30. The second-order valence-electron chi connectivity index (χ2n) is 5.12. The van der Waals surface area contributed by atoms with Gasteiger partial charge in [0.05, 0.1) is 10.5 Å². The van der Waals surface area contributed by atoms with Crippen LogP contribution in [0.1, 0.15) is 5.56 Å². The zero-order valence-electron chi connectivity index (χ0n) is 12.6. The Hall–Kier alpha value is -2.74. The van der Waals surface area contributed by atoms with E-state index in [2.05, 4.69) is 4.98 Å². The highest BCUT2D eigenvalue weighted by Crippen LogP contribution is 2.36. The summed E-state index contributed by atoms with van der Waals surface area (Å²) < 4.78 is 41.8. The molecule has 3 aromatic rings. The van der Waals surface area contributed by atoms with E-state index in [4.69, 9.17) is 20.7 Å². The molecule has 0 aliphatic carbocycles. The maximum Gasteiger partial charge on any atom is 0.178 e. The highest BCUT2D eigenvalue weighted by atomic mass is 32.2. The van der Waals surface area contributed by atoms with Crippen LogP contribution >= 0.6 is 0 Å². The first-order chi connectivity index (χ1) is 11.4. The van der Waals surface area contributed by atoms with Gasteiger partial charge in [0.2, 0.25) is 0 Å². The van der Waals surface area contributed by atoms with E-state index in [9.17, 15) is 8.78 Å². The van der Waals surface area contributed by atoms with Crippen LogP contribution < -0.4 is 10.5 Å². The Morgan fingerprint density at radius 3 is 2.62 bits per heavy atom. The number of hydrogen-bond acceptors (Lipinski definition) is 3. The molecule has 0 aliphatic rings. The molecule has 0 radical (unpaired) electrons. The molecular weight excluding hydrogens is 334 g/mol. The largest absolute Gasteiger partial charge is 0.453 e. The number of halogens is 2. The predicted molar refractivity (Wildman–Crippen MR) is 90.0 cm³/mol. The number of aromatic amines is 1. The van der Waals surface area contributed by atoms with Gasteiger partial charge >= 0.3 is 0 Å². The lowest BCUT2D eigenvalue weighted by Gasteiger charge is -2.14. The first kappa shape index (κ1) is 16.1. The van der Waals surface area contributed by atoms with Crippen molar-refractivity contribution in [3.8, 4) is 11.5 Å². The van der Waals surface area contributed by atoms with Gasteiger partial charge in [-0.15, -0.1) is 0 Å². The van der Waals surface area contributed by atoms with Crippen molar-refractivity contribution >= 4 is 27.4 Å². The molecule has 1 atom stereocenters. The summed E-state index contributed by atoms with van der Waals surface area (Å²) in [7, 11) is -1.02. The number of hydrogen-bond donors (Lipinski definition) is 4. The fraction of sp³-hybridized carbons (Fsp3) is 0.0625. The minimum Gasteiger partial charge on any atom is -0.453 e. The number of fused-ring (bicyclic) bond motifs is 1. The Balaban J connectivity index is 2.15. The molecular formula is C16H14F2N4OS. The Kier molecular flexibility index (Phi) is 4.06. The zero-order chi connectivity index (χ0) is 17.4. The van der Waals surface area contributed by atoms with Crippen LogP contribution in [0.5, 0.6) is 11.5 Å². The van der Waals surface area contributed by atoms with Gasteiger partial charge in [-0.1, -0.05) is 10.7 Å². The molecule has 3 rings (SSSR count). The van der Waals surface area contributed by atoms with Crippen molar-refractivity contribution in [1.29, 1.82) is 10.2 Å². The Bertz CT molecular complexity index is 984. The van der Waals surface area contributed by atoms with Gasteiger partial charge in [-0.05, 0) is 30.5 Å². The molecule has 1 aromatic heterocycles. The third-order valence-corrected chi connectivity index (χ3v) is 4.49. The van der Waals surface area contributed by atoms with Crippen LogP contribution in [0.4, 0.5) is 8.78 Å². The van der Waals surface area contributed by atoms with Crippen molar-refractivity contribution < 1.29 is 13.5 Å². The van der Waals surface area contributed by atoms with E-state index in [0.717, 1.165) is 6.07 Å². The molecule has 24 heavy (non-hydrogen) atoms. The molecule has 0 amide bonds. The molecule has 0 saturated heterocycles. The van der Waals surface area contributed by atoms with Gasteiger partial charge in [-0.2, -0.15) is 0 Å². The van der Waals surface area contributed by atoms with Crippen molar-refractivity contribution in [2.45, 2.75) is 4.90 Å². The average molecular weight is 348 g/mol. The van der Waals surface area contributed by atoms with Gasteiger partial charge in [0.25, 0.3) is 0 Å². The van der Waals surface area contributed by atoms with E-state index < -0.39 is 28.2 Å². The fourth-order valence-corrected chi connectivity index (χ4v) is 3.34. The van der Waals surface area contributed by atoms with Gasteiger partial charge in [0.15, 0.2) is 11.6 Å². The van der Waals surface area contributed by atoms with Gasteiger partial charge in [-0.25, -0.2) is 8.78 Å². The summed E-state index contributed by atoms with van der Waals surface area (Å²) in [5.41, 5.74) is 5.77. The van der Waals surface area contributed by atoms with Crippen molar-refractivity contribution in [2.75, 3.05) is 6.26 Å². The topological polar surface area (TPSA) is 98.7 Å². The molecule has 0 bridgehead atoms. The zero-order valence-corrected chi connectivity index (χ0v) is 13.4. The number of benzene rings is 2. The lowest BCUT2D eigenvalue weighted by molar-refractivity contribution is 0.431. The SMILES string of the molecule is CS(=N)c1c(Oc2ccc(F)c(C(=N)N)c2)c(F)cc2[nH]ccc12. The second kappa shape index (κ2) is 6.04. The van der Waals surface area contributed by atoms with Gasteiger partial charge in [0.1, 0.15) is 17.4 Å². The van der Waals surface area contributed by atoms with Gasteiger partial charge < -0.3 is 15.5 Å². The van der Waals surface area contributed by atoms with Crippen LogP contribution in [0.15, 0.2) is 41.4 Å². The Morgan fingerprint density at radius 1 is 1.21 bits per heavy atom. The van der Waals surface area contributed by atoms with Gasteiger partial charge in [0, 0.05) is 23.2 Å². The Labute approximate surface area is 138 Å². The number of nitrogen functional groups attached to an aromatic ring is 1. The molecule has 0 saturated carbocycles. The lowest BCUT2D eigenvalue weighted by atomic mass is 10.2. The third-order valence-electron chi connectivity index (χ3n) is 3.47. The summed E-state index contributed by atoms with van der Waals surface area (Å²) in [5.74, 6) is -1.67. The number of nitrogens with one attached hydrogen (secondary N) is 3. The normalized spacial score (nSPS) is 12.3. The monoisotopic (exact) mass is 348 g/mol. The van der Waals surface area contributed by atoms with Crippen LogP contribution in [0.3, 0.4) is 0 Å². The molecule has 1 heterocycles. The van der Waals surface area contributed by atoms with Crippen LogP contribution in [-0.4, -0.2) is 17.1 Å². The summed E-state index contributed by atoms with van der Waals surface area (Å²) >= 11 is 0. The number of aromatic nitrogens is 1. The lowest BCUT2D eigenvalue weighted by Crippen LogP contribution is -2.13. The number of amidine groups is 1. The smallest absolute Gasteiger partial charge is 0.178 e. The molecule has 5 N–H and O–H groups in total. The van der Waals surface area contributed by atoms with E-state index in [1.807, 2.05) is 0 Å².